The number of nitro benzene ring substituents is 1. The molecule has 7 nitrogen and oxygen atoms in total. The van der Waals surface area contributed by atoms with Crippen molar-refractivity contribution in [2.24, 2.45) is 5.92 Å². The Balaban J connectivity index is 1.86. The van der Waals surface area contributed by atoms with Crippen LogP contribution in [0.5, 0.6) is 0 Å². The summed E-state index contributed by atoms with van der Waals surface area (Å²) in [6, 6.07) is 5.30. The number of carbonyl (C=O) groups is 2. The molecule has 1 aromatic rings. The molecule has 1 aromatic carbocycles. The average Bonchev–Trinajstić information content (AvgIpc) is 2.97. The SMILES string of the molecule is O=C(C[C@H]1C=CCC1)NNC(=O)c1cccc([N+](=O)[O-])c1. The van der Waals surface area contributed by atoms with Crippen LogP contribution in [0.1, 0.15) is 29.6 Å². The lowest BCUT2D eigenvalue weighted by atomic mass is 10.1. The second-order valence-corrected chi connectivity index (χ2v) is 4.78. The third kappa shape index (κ3) is 4.13. The minimum Gasteiger partial charge on any atom is -0.273 e. The van der Waals surface area contributed by atoms with Gasteiger partial charge in [0.25, 0.3) is 11.6 Å². The van der Waals surface area contributed by atoms with Gasteiger partial charge in [0.05, 0.1) is 4.92 Å². The first kappa shape index (κ1) is 14.7. The van der Waals surface area contributed by atoms with Crippen LogP contribution in [0.3, 0.4) is 0 Å². The molecular weight excluding hydrogens is 274 g/mol. The number of nitrogens with one attached hydrogen (secondary N) is 2. The minimum absolute atomic E-state index is 0.116. The number of hydrazine groups is 1. The quantitative estimate of drug-likeness (QED) is 0.500. The van der Waals surface area contributed by atoms with Gasteiger partial charge in [0, 0.05) is 24.1 Å². The highest BCUT2D eigenvalue weighted by molar-refractivity contribution is 5.95. The molecule has 0 saturated heterocycles. The van der Waals surface area contributed by atoms with E-state index in [2.05, 4.69) is 10.9 Å². The fraction of sp³-hybridized carbons (Fsp3) is 0.286. The molecule has 0 saturated carbocycles. The van der Waals surface area contributed by atoms with Gasteiger partial charge in [-0.2, -0.15) is 0 Å². The van der Waals surface area contributed by atoms with Crippen LogP contribution in [-0.2, 0) is 4.79 Å². The lowest BCUT2D eigenvalue weighted by molar-refractivity contribution is -0.384. The van der Waals surface area contributed by atoms with Crippen LogP contribution < -0.4 is 10.9 Å². The van der Waals surface area contributed by atoms with Crippen molar-refractivity contribution in [3.8, 4) is 0 Å². The molecule has 2 N–H and O–H groups in total. The van der Waals surface area contributed by atoms with Crippen molar-refractivity contribution in [1.82, 2.24) is 10.9 Å². The van der Waals surface area contributed by atoms with Crippen LogP contribution in [0, 0.1) is 16.0 Å². The number of amides is 2. The molecule has 0 unspecified atom stereocenters. The number of hydrogen-bond acceptors (Lipinski definition) is 4. The third-order valence-corrected chi connectivity index (χ3v) is 3.19. The van der Waals surface area contributed by atoms with E-state index < -0.39 is 10.8 Å². The molecule has 21 heavy (non-hydrogen) atoms. The van der Waals surface area contributed by atoms with Gasteiger partial charge < -0.3 is 0 Å². The highest BCUT2D eigenvalue weighted by atomic mass is 16.6. The molecule has 0 bridgehead atoms. The van der Waals surface area contributed by atoms with E-state index in [1.807, 2.05) is 12.2 Å². The van der Waals surface area contributed by atoms with Gasteiger partial charge in [0.1, 0.15) is 0 Å². The molecule has 2 amide bonds. The van der Waals surface area contributed by atoms with Crippen LogP contribution in [0.15, 0.2) is 36.4 Å². The average molecular weight is 289 g/mol. The van der Waals surface area contributed by atoms with Crippen molar-refractivity contribution < 1.29 is 14.5 Å². The van der Waals surface area contributed by atoms with Crippen LogP contribution in [0.25, 0.3) is 0 Å². The maximum Gasteiger partial charge on any atom is 0.270 e. The number of allylic oxidation sites excluding steroid dienone is 2. The highest BCUT2D eigenvalue weighted by Gasteiger charge is 2.15. The fourth-order valence-corrected chi connectivity index (χ4v) is 2.11. The predicted molar refractivity (Wildman–Crippen MR) is 75.2 cm³/mol. The molecule has 0 fully saturated rings. The molecule has 2 rings (SSSR count). The number of hydrogen-bond donors (Lipinski definition) is 2. The predicted octanol–water partition coefficient (Wildman–Crippen LogP) is 1.71. The summed E-state index contributed by atoms with van der Waals surface area (Å²) in [4.78, 5) is 33.5. The minimum atomic E-state index is -0.589. The van der Waals surface area contributed by atoms with E-state index in [-0.39, 0.29) is 23.1 Å². The maximum absolute atomic E-state index is 11.8. The summed E-state index contributed by atoms with van der Waals surface area (Å²) in [5.41, 5.74) is 4.51. The molecule has 110 valence electrons. The Hall–Kier alpha value is -2.70. The van der Waals surface area contributed by atoms with Gasteiger partial charge >= 0.3 is 0 Å². The Labute approximate surface area is 121 Å². The Bertz CT molecular complexity index is 598. The van der Waals surface area contributed by atoms with Gasteiger partial charge in [-0.05, 0) is 24.8 Å². The Morgan fingerprint density at radius 2 is 2.14 bits per heavy atom. The number of rotatable bonds is 4. The fourth-order valence-electron chi connectivity index (χ4n) is 2.11. The summed E-state index contributed by atoms with van der Waals surface area (Å²) in [7, 11) is 0. The first-order chi connectivity index (χ1) is 10.1. The van der Waals surface area contributed by atoms with E-state index in [4.69, 9.17) is 0 Å². The molecule has 1 atom stereocenters. The van der Waals surface area contributed by atoms with Crippen molar-refractivity contribution in [1.29, 1.82) is 0 Å². The van der Waals surface area contributed by atoms with Gasteiger partial charge in [-0.3, -0.25) is 30.6 Å². The molecule has 0 aromatic heterocycles. The van der Waals surface area contributed by atoms with Crippen LogP contribution >= 0.6 is 0 Å². The summed E-state index contributed by atoms with van der Waals surface area (Å²) in [5, 5.41) is 10.6. The zero-order valence-corrected chi connectivity index (χ0v) is 11.2. The Morgan fingerprint density at radius 1 is 1.33 bits per heavy atom. The summed E-state index contributed by atoms with van der Waals surface area (Å²) < 4.78 is 0. The number of benzene rings is 1. The van der Waals surface area contributed by atoms with Crippen molar-refractivity contribution in [2.45, 2.75) is 19.3 Å². The van der Waals surface area contributed by atoms with Gasteiger partial charge in [-0.15, -0.1) is 0 Å². The molecule has 0 spiro atoms. The lowest BCUT2D eigenvalue weighted by Gasteiger charge is -2.09. The maximum atomic E-state index is 11.8. The van der Waals surface area contributed by atoms with Gasteiger partial charge in [-0.1, -0.05) is 18.2 Å². The van der Waals surface area contributed by atoms with E-state index >= 15 is 0 Å². The molecular formula is C14H15N3O4. The summed E-state index contributed by atoms with van der Waals surface area (Å²) in [6.45, 7) is 0. The second-order valence-electron chi connectivity index (χ2n) is 4.78. The van der Waals surface area contributed by atoms with E-state index in [9.17, 15) is 19.7 Å². The number of non-ortho nitro benzene ring substituents is 1. The van der Waals surface area contributed by atoms with E-state index in [1.165, 1.54) is 18.2 Å². The molecule has 0 aliphatic heterocycles. The van der Waals surface area contributed by atoms with Crippen molar-refractivity contribution in [3.63, 3.8) is 0 Å². The number of carbonyl (C=O) groups excluding carboxylic acids is 2. The Kier molecular flexibility index (Phi) is 4.65. The van der Waals surface area contributed by atoms with Crippen molar-refractivity contribution in [2.75, 3.05) is 0 Å². The van der Waals surface area contributed by atoms with Gasteiger partial charge in [-0.25, -0.2) is 0 Å². The van der Waals surface area contributed by atoms with Crippen molar-refractivity contribution in [3.05, 3.63) is 52.1 Å². The molecule has 1 aliphatic carbocycles. The zero-order valence-electron chi connectivity index (χ0n) is 11.2. The smallest absolute Gasteiger partial charge is 0.270 e. The summed E-state index contributed by atoms with van der Waals surface area (Å²) in [6.07, 6.45) is 6.23. The van der Waals surface area contributed by atoms with E-state index in [0.29, 0.717) is 6.42 Å². The normalized spacial score (nSPS) is 16.5. The van der Waals surface area contributed by atoms with Crippen LogP contribution in [0.4, 0.5) is 5.69 Å². The van der Waals surface area contributed by atoms with Gasteiger partial charge in [0.2, 0.25) is 5.91 Å². The summed E-state index contributed by atoms with van der Waals surface area (Å²) in [5.74, 6) is -0.668. The lowest BCUT2D eigenvalue weighted by Crippen LogP contribution is -2.42. The molecule has 0 heterocycles. The monoisotopic (exact) mass is 289 g/mol. The largest absolute Gasteiger partial charge is 0.273 e. The summed E-state index contributed by atoms with van der Waals surface area (Å²) >= 11 is 0. The highest BCUT2D eigenvalue weighted by Crippen LogP contribution is 2.19. The third-order valence-electron chi connectivity index (χ3n) is 3.19. The standard InChI is InChI=1S/C14H15N3O4/c18-13(8-10-4-1-2-5-10)15-16-14(19)11-6-3-7-12(9-11)17(20)21/h1,3-4,6-7,9-10H,2,5,8H2,(H,15,18)(H,16,19)/t10-/m0/s1. The first-order valence-electron chi connectivity index (χ1n) is 6.56. The number of nitro groups is 1. The van der Waals surface area contributed by atoms with Crippen LogP contribution in [-0.4, -0.2) is 16.7 Å². The molecule has 1 aliphatic rings. The van der Waals surface area contributed by atoms with Crippen molar-refractivity contribution >= 4 is 17.5 Å². The molecule has 7 heteroatoms. The number of nitrogens with zero attached hydrogens (tertiary/aromatic N) is 1. The Morgan fingerprint density at radius 3 is 2.81 bits per heavy atom. The topological polar surface area (TPSA) is 101 Å². The molecule has 0 radical (unpaired) electrons. The second kappa shape index (κ2) is 6.65. The van der Waals surface area contributed by atoms with E-state index in [1.54, 1.807) is 0 Å². The first-order valence-corrected chi connectivity index (χ1v) is 6.56. The zero-order chi connectivity index (χ0) is 15.2. The van der Waals surface area contributed by atoms with E-state index in [0.717, 1.165) is 18.9 Å². The van der Waals surface area contributed by atoms with Gasteiger partial charge in [0.15, 0.2) is 0 Å². The van der Waals surface area contributed by atoms with Crippen LogP contribution in [0.2, 0.25) is 0 Å².